The number of aromatic amines is 1. The number of pyridine rings is 2. The van der Waals surface area contributed by atoms with Gasteiger partial charge in [-0.3, -0.25) is 10.1 Å². The molecule has 0 amide bonds. The number of H-pyrrole nitrogens is 1. The number of nitro groups is 1. The minimum Gasteiger partial charge on any atom is -0.345 e. The molecular weight excluding hydrogens is 300 g/mol. The molecule has 3 rings (SSSR count). The minimum atomic E-state index is -0.475. The fourth-order valence-corrected chi connectivity index (χ4v) is 2.70. The highest BCUT2D eigenvalue weighted by Gasteiger charge is 2.10. The second kappa shape index (κ2) is 5.10. The Morgan fingerprint density at radius 3 is 2.85 bits per heavy atom. The van der Waals surface area contributed by atoms with Crippen LogP contribution < -0.4 is 0 Å². The normalized spacial score (nSPS) is 10.8. The summed E-state index contributed by atoms with van der Waals surface area (Å²) in [6.07, 6.45) is 4.61. The van der Waals surface area contributed by atoms with E-state index in [0.29, 0.717) is 10.0 Å². The number of hydrogen-bond acceptors (Lipinski definition) is 5. The molecule has 3 heterocycles. The van der Waals surface area contributed by atoms with Gasteiger partial charge in [0.05, 0.1) is 9.95 Å². The molecule has 0 atom stereocenters. The topological polar surface area (TPSA) is 84.7 Å². The molecule has 100 valence electrons. The first-order valence-corrected chi connectivity index (χ1v) is 6.74. The summed E-state index contributed by atoms with van der Waals surface area (Å²) in [4.78, 5) is 22.3. The third-order valence-corrected chi connectivity index (χ3v) is 3.82. The predicted molar refractivity (Wildman–Crippen MR) is 76.1 cm³/mol. The fraction of sp³-hybridized carbons (Fsp3) is 0. The van der Waals surface area contributed by atoms with E-state index in [9.17, 15) is 10.1 Å². The first-order valence-electron chi connectivity index (χ1n) is 5.54. The summed E-state index contributed by atoms with van der Waals surface area (Å²) in [5.74, 6) is 0. The summed E-state index contributed by atoms with van der Waals surface area (Å²) in [6, 6.07) is 4.85. The van der Waals surface area contributed by atoms with E-state index in [1.165, 1.54) is 24.0 Å². The van der Waals surface area contributed by atoms with E-state index in [1.54, 1.807) is 12.3 Å². The maximum Gasteiger partial charge on any atom is 0.287 e. The van der Waals surface area contributed by atoms with Crippen LogP contribution in [0.15, 0.2) is 46.7 Å². The molecule has 0 aliphatic rings. The van der Waals surface area contributed by atoms with Crippen molar-refractivity contribution in [2.24, 2.45) is 0 Å². The van der Waals surface area contributed by atoms with Crippen LogP contribution in [0.4, 0.5) is 5.69 Å². The van der Waals surface area contributed by atoms with Crippen LogP contribution in [0.1, 0.15) is 0 Å². The molecule has 3 aromatic rings. The third-order valence-electron chi connectivity index (χ3n) is 2.61. The lowest BCUT2D eigenvalue weighted by Gasteiger charge is -1.99. The van der Waals surface area contributed by atoms with Gasteiger partial charge in [0.15, 0.2) is 0 Å². The molecule has 0 saturated heterocycles. The van der Waals surface area contributed by atoms with E-state index < -0.39 is 4.92 Å². The molecule has 0 saturated carbocycles. The van der Waals surface area contributed by atoms with E-state index in [1.807, 2.05) is 12.3 Å². The molecule has 0 bridgehead atoms. The van der Waals surface area contributed by atoms with E-state index in [0.717, 1.165) is 15.9 Å². The largest absolute Gasteiger partial charge is 0.345 e. The lowest BCUT2D eigenvalue weighted by atomic mass is 10.3. The van der Waals surface area contributed by atoms with Gasteiger partial charge in [0.25, 0.3) is 5.69 Å². The van der Waals surface area contributed by atoms with Gasteiger partial charge in [0, 0.05) is 28.7 Å². The second-order valence-corrected chi connectivity index (χ2v) is 5.42. The Hall–Kier alpha value is -2.12. The minimum absolute atomic E-state index is 0.0296. The Morgan fingerprint density at radius 2 is 2.15 bits per heavy atom. The van der Waals surface area contributed by atoms with Crippen molar-refractivity contribution in [1.82, 2.24) is 15.0 Å². The van der Waals surface area contributed by atoms with Crippen molar-refractivity contribution in [2.75, 3.05) is 0 Å². The lowest BCUT2D eigenvalue weighted by Crippen LogP contribution is -1.89. The maximum absolute atomic E-state index is 10.6. The average molecular weight is 307 g/mol. The van der Waals surface area contributed by atoms with Gasteiger partial charge in [0.1, 0.15) is 16.9 Å². The Labute approximate surface area is 122 Å². The number of hydrogen-bond donors (Lipinski definition) is 1. The van der Waals surface area contributed by atoms with Crippen molar-refractivity contribution < 1.29 is 4.92 Å². The van der Waals surface area contributed by atoms with Crippen LogP contribution in [0.5, 0.6) is 0 Å². The van der Waals surface area contributed by atoms with E-state index in [4.69, 9.17) is 11.6 Å². The van der Waals surface area contributed by atoms with Crippen molar-refractivity contribution in [3.63, 3.8) is 0 Å². The SMILES string of the molecule is O=[N+]([O-])c1ccc(Sc2c[nH]c3ncc(Cl)cc23)nc1. The number of fused-ring (bicyclic) bond motifs is 1. The average Bonchev–Trinajstić information content (AvgIpc) is 2.82. The van der Waals surface area contributed by atoms with Crippen LogP contribution in [0.2, 0.25) is 5.02 Å². The van der Waals surface area contributed by atoms with Crippen LogP contribution in [0.3, 0.4) is 0 Å². The number of nitrogens with zero attached hydrogens (tertiary/aromatic N) is 3. The smallest absolute Gasteiger partial charge is 0.287 e. The lowest BCUT2D eigenvalue weighted by molar-refractivity contribution is -0.385. The molecule has 0 radical (unpaired) electrons. The fourth-order valence-electron chi connectivity index (χ4n) is 1.69. The molecule has 0 aliphatic carbocycles. The van der Waals surface area contributed by atoms with Crippen LogP contribution >= 0.6 is 23.4 Å². The Morgan fingerprint density at radius 1 is 1.30 bits per heavy atom. The van der Waals surface area contributed by atoms with Crippen molar-refractivity contribution in [3.05, 3.63) is 51.9 Å². The maximum atomic E-state index is 10.6. The van der Waals surface area contributed by atoms with Gasteiger partial charge in [-0.1, -0.05) is 23.4 Å². The number of rotatable bonds is 3. The van der Waals surface area contributed by atoms with Gasteiger partial charge in [-0.05, 0) is 12.1 Å². The zero-order valence-corrected chi connectivity index (χ0v) is 11.5. The zero-order chi connectivity index (χ0) is 14.1. The zero-order valence-electron chi connectivity index (χ0n) is 9.91. The molecule has 0 spiro atoms. The van der Waals surface area contributed by atoms with E-state index in [-0.39, 0.29) is 5.69 Å². The van der Waals surface area contributed by atoms with Crippen LogP contribution in [-0.4, -0.2) is 19.9 Å². The summed E-state index contributed by atoms with van der Waals surface area (Å²) < 4.78 is 0. The van der Waals surface area contributed by atoms with Crippen molar-refractivity contribution >= 4 is 40.1 Å². The van der Waals surface area contributed by atoms with Gasteiger partial charge in [-0.15, -0.1) is 0 Å². The Balaban J connectivity index is 1.92. The predicted octanol–water partition coefficient (Wildman–Crippen LogP) is 3.67. The third kappa shape index (κ3) is 2.45. The Kier molecular flexibility index (Phi) is 3.29. The summed E-state index contributed by atoms with van der Waals surface area (Å²) >= 11 is 7.32. The standard InChI is InChI=1S/C12H7ClN4O2S/c13-7-3-9-10(6-16-12(9)15-4-7)20-11-2-1-8(5-14-11)17(18)19/h1-6H,(H,15,16). The van der Waals surface area contributed by atoms with Crippen LogP contribution in [0, 0.1) is 10.1 Å². The quantitative estimate of drug-likeness (QED) is 0.589. The van der Waals surface area contributed by atoms with Crippen LogP contribution in [-0.2, 0) is 0 Å². The van der Waals surface area contributed by atoms with Gasteiger partial charge >= 0.3 is 0 Å². The summed E-state index contributed by atoms with van der Waals surface area (Å²) in [7, 11) is 0. The number of aromatic nitrogens is 3. The Bertz CT molecular complexity index is 788. The number of nitrogens with one attached hydrogen (secondary N) is 1. The summed E-state index contributed by atoms with van der Waals surface area (Å²) in [5, 5.41) is 12.7. The summed E-state index contributed by atoms with van der Waals surface area (Å²) in [6.45, 7) is 0. The van der Waals surface area contributed by atoms with Gasteiger partial charge in [-0.25, -0.2) is 9.97 Å². The molecule has 0 aliphatic heterocycles. The molecule has 1 N–H and O–H groups in total. The molecule has 20 heavy (non-hydrogen) atoms. The van der Waals surface area contributed by atoms with Gasteiger partial charge in [0.2, 0.25) is 0 Å². The van der Waals surface area contributed by atoms with E-state index in [2.05, 4.69) is 15.0 Å². The highest BCUT2D eigenvalue weighted by molar-refractivity contribution is 7.99. The van der Waals surface area contributed by atoms with Crippen molar-refractivity contribution in [1.29, 1.82) is 0 Å². The molecule has 0 fully saturated rings. The molecule has 6 nitrogen and oxygen atoms in total. The van der Waals surface area contributed by atoms with Gasteiger partial charge < -0.3 is 4.98 Å². The number of halogens is 1. The molecule has 8 heteroatoms. The highest BCUT2D eigenvalue weighted by atomic mass is 35.5. The second-order valence-electron chi connectivity index (χ2n) is 3.92. The molecular formula is C12H7ClN4O2S. The monoisotopic (exact) mass is 306 g/mol. The van der Waals surface area contributed by atoms with E-state index >= 15 is 0 Å². The van der Waals surface area contributed by atoms with Gasteiger partial charge in [-0.2, -0.15) is 0 Å². The van der Waals surface area contributed by atoms with Crippen molar-refractivity contribution in [3.8, 4) is 0 Å². The molecule has 3 aromatic heterocycles. The summed E-state index contributed by atoms with van der Waals surface area (Å²) in [5.41, 5.74) is 0.705. The highest BCUT2D eigenvalue weighted by Crippen LogP contribution is 2.33. The van der Waals surface area contributed by atoms with Crippen LogP contribution in [0.25, 0.3) is 11.0 Å². The van der Waals surface area contributed by atoms with Crippen molar-refractivity contribution in [2.45, 2.75) is 9.92 Å². The molecule has 0 aromatic carbocycles. The molecule has 0 unspecified atom stereocenters. The first-order chi connectivity index (χ1) is 9.63. The first kappa shape index (κ1) is 12.9.